The topological polar surface area (TPSA) is 49.4 Å². The van der Waals surface area contributed by atoms with Crippen LogP contribution in [0.1, 0.15) is 18.2 Å². The van der Waals surface area contributed by atoms with E-state index in [9.17, 15) is 0 Å². The number of hydrogen-bond acceptors (Lipinski definition) is 3. The van der Waals surface area contributed by atoms with Crippen molar-refractivity contribution in [2.75, 3.05) is 13.2 Å². The maximum atomic E-state index is 5.97. The molecule has 2 heterocycles. The smallest absolute Gasteiger partial charge is 0.163 e. The first-order valence-corrected chi connectivity index (χ1v) is 6.71. The van der Waals surface area contributed by atoms with E-state index in [1.54, 1.807) is 0 Å². The zero-order valence-electron chi connectivity index (χ0n) is 11.7. The van der Waals surface area contributed by atoms with E-state index in [1.807, 2.05) is 6.92 Å². The Labute approximate surface area is 113 Å². The summed E-state index contributed by atoms with van der Waals surface area (Å²) >= 11 is 0. The minimum Gasteiger partial charge on any atom is -0.486 e. The van der Waals surface area contributed by atoms with Gasteiger partial charge in [-0.15, -0.1) is 0 Å². The third kappa shape index (κ3) is 1.96. The van der Waals surface area contributed by atoms with Crippen molar-refractivity contribution in [3.05, 3.63) is 23.4 Å². The number of nitrogens with two attached hydrogens (primary N) is 1. The lowest BCUT2D eigenvalue weighted by Gasteiger charge is -2.18. The summed E-state index contributed by atoms with van der Waals surface area (Å²) in [5.41, 5.74) is 9.71. The molecular weight excluding hydrogens is 240 g/mol. The highest BCUT2D eigenvalue weighted by Crippen LogP contribution is 2.37. The van der Waals surface area contributed by atoms with Crippen LogP contribution in [-0.2, 0) is 13.5 Å². The molecule has 1 aliphatic heterocycles. The molecule has 2 aromatic rings. The number of fused-ring (bicyclic) bond motifs is 2. The zero-order valence-corrected chi connectivity index (χ0v) is 11.7. The first kappa shape index (κ1) is 12.4. The molecule has 0 saturated carbocycles. The van der Waals surface area contributed by atoms with Gasteiger partial charge in [0.15, 0.2) is 11.5 Å². The van der Waals surface area contributed by atoms with Crippen molar-refractivity contribution in [1.82, 2.24) is 4.57 Å². The van der Waals surface area contributed by atoms with E-state index in [1.165, 1.54) is 22.2 Å². The molecule has 0 spiro atoms. The van der Waals surface area contributed by atoms with Gasteiger partial charge in [-0.25, -0.2) is 0 Å². The van der Waals surface area contributed by atoms with Crippen LogP contribution in [0.2, 0.25) is 0 Å². The van der Waals surface area contributed by atoms with Crippen molar-refractivity contribution in [2.24, 2.45) is 12.8 Å². The highest BCUT2D eigenvalue weighted by Gasteiger charge is 2.19. The second kappa shape index (κ2) is 4.46. The second-order valence-electron chi connectivity index (χ2n) is 5.32. The van der Waals surface area contributed by atoms with E-state index < -0.39 is 0 Å². The number of benzene rings is 1. The number of ether oxygens (including phenoxy) is 2. The number of rotatable bonds is 2. The summed E-state index contributed by atoms with van der Waals surface area (Å²) in [6, 6.07) is 4.31. The van der Waals surface area contributed by atoms with Gasteiger partial charge in [0.1, 0.15) is 13.2 Å². The van der Waals surface area contributed by atoms with Crippen molar-refractivity contribution >= 4 is 10.9 Å². The zero-order chi connectivity index (χ0) is 13.6. The van der Waals surface area contributed by atoms with Crippen molar-refractivity contribution in [3.63, 3.8) is 0 Å². The molecule has 0 saturated heterocycles. The molecule has 1 aromatic carbocycles. The molecule has 4 heteroatoms. The second-order valence-corrected chi connectivity index (χ2v) is 5.32. The Morgan fingerprint density at radius 3 is 2.53 bits per heavy atom. The molecule has 4 nitrogen and oxygen atoms in total. The Kier molecular flexibility index (Phi) is 2.90. The molecule has 1 aliphatic rings. The standard InChI is InChI=1S/C15H20N2O2/c1-9(16)6-11-10(2)17(3)13-8-15-14(7-12(11)13)18-4-5-19-15/h7-9H,4-6,16H2,1-3H3. The van der Waals surface area contributed by atoms with Crippen LogP contribution in [0.4, 0.5) is 0 Å². The molecule has 19 heavy (non-hydrogen) atoms. The molecule has 0 bridgehead atoms. The number of nitrogens with zero attached hydrogens (tertiary/aromatic N) is 1. The van der Waals surface area contributed by atoms with Crippen molar-refractivity contribution < 1.29 is 9.47 Å². The summed E-state index contributed by atoms with van der Waals surface area (Å²) in [6.07, 6.45) is 0.878. The number of hydrogen-bond donors (Lipinski definition) is 1. The van der Waals surface area contributed by atoms with E-state index >= 15 is 0 Å². The predicted molar refractivity (Wildman–Crippen MR) is 76.0 cm³/mol. The summed E-state index contributed by atoms with van der Waals surface area (Å²) in [5, 5.41) is 1.22. The largest absolute Gasteiger partial charge is 0.486 e. The summed E-state index contributed by atoms with van der Waals surface area (Å²) < 4.78 is 13.5. The molecule has 1 aromatic heterocycles. The number of aryl methyl sites for hydroxylation is 1. The van der Waals surface area contributed by atoms with Crippen LogP contribution in [0.15, 0.2) is 12.1 Å². The third-order valence-corrected chi connectivity index (χ3v) is 3.81. The van der Waals surface area contributed by atoms with Crippen LogP contribution >= 0.6 is 0 Å². The fourth-order valence-corrected chi connectivity index (χ4v) is 2.75. The quantitative estimate of drug-likeness (QED) is 0.900. The lowest BCUT2D eigenvalue weighted by atomic mass is 10.0. The Balaban J connectivity index is 2.23. The van der Waals surface area contributed by atoms with Crippen molar-refractivity contribution in [3.8, 4) is 11.5 Å². The Hall–Kier alpha value is -1.68. The average molecular weight is 260 g/mol. The lowest BCUT2D eigenvalue weighted by molar-refractivity contribution is 0.172. The summed E-state index contributed by atoms with van der Waals surface area (Å²) in [5.74, 6) is 1.68. The van der Waals surface area contributed by atoms with Gasteiger partial charge in [-0.1, -0.05) is 0 Å². The molecule has 0 radical (unpaired) electrons. The van der Waals surface area contributed by atoms with Crippen molar-refractivity contribution in [1.29, 1.82) is 0 Å². The van der Waals surface area contributed by atoms with Crippen LogP contribution in [0.5, 0.6) is 11.5 Å². The van der Waals surface area contributed by atoms with Gasteiger partial charge in [-0.05, 0) is 31.9 Å². The average Bonchev–Trinajstić information content (AvgIpc) is 2.61. The van der Waals surface area contributed by atoms with Crippen LogP contribution in [0.3, 0.4) is 0 Å². The third-order valence-electron chi connectivity index (χ3n) is 3.81. The minimum atomic E-state index is 0.150. The molecule has 0 aliphatic carbocycles. The first-order chi connectivity index (χ1) is 9.08. The molecule has 0 fully saturated rings. The lowest BCUT2D eigenvalue weighted by Crippen LogP contribution is -2.18. The fourth-order valence-electron chi connectivity index (χ4n) is 2.75. The molecule has 2 N–H and O–H groups in total. The fraction of sp³-hybridized carbons (Fsp3) is 0.467. The molecule has 1 atom stereocenters. The molecule has 1 unspecified atom stereocenters. The predicted octanol–water partition coefficient (Wildman–Crippen LogP) is 2.15. The van der Waals surface area contributed by atoms with E-state index in [2.05, 4.69) is 30.7 Å². The highest BCUT2D eigenvalue weighted by atomic mass is 16.6. The maximum absolute atomic E-state index is 5.97. The van der Waals surface area contributed by atoms with Gasteiger partial charge in [0.05, 0.1) is 5.52 Å². The van der Waals surface area contributed by atoms with Crippen LogP contribution in [-0.4, -0.2) is 23.8 Å². The molecular formula is C15H20N2O2. The van der Waals surface area contributed by atoms with E-state index in [0.29, 0.717) is 13.2 Å². The normalized spacial score (nSPS) is 15.8. The van der Waals surface area contributed by atoms with Crippen LogP contribution < -0.4 is 15.2 Å². The maximum Gasteiger partial charge on any atom is 0.163 e. The Bertz CT molecular complexity index is 629. The summed E-state index contributed by atoms with van der Waals surface area (Å²) in [7, 11) is 2.08. The molecule has 0 amide bonds. The van der Waals surface area contributed by atoms with Crippen molar-refractivity contribution in [2.45, 2.75) is 26.3 Å². The van der Waals surface area contributed by atoms with E-state index in [0.717, 1.165) is 17.9 Å². The SMILES string of the molecule is Cc1c(CC(C)N)c2cc3c(cc2n1C)OCCO3. The molecule has 102 valence electrons. The van der Waals surface area contributed by atoms with Gasteiger partial charge < -0.3 is 19.8 Å². The Morgan fingerprint density at radius 1 is 1.26 bits per heavy atom. The first-order valence-electron chi connectivity index (χ1n) is 6.71. The van der Waals surface area contributed by atoms with Gasteiger partial charge in [-0.2, -0.15) is 0 Å². The van der Waals surface area contributed by atoms with E-state index in [4.69, 9.17) is 15.2 Å². The molecule has 3 rings (SSSR count). The monoisotopic (exact) mass is 260 g/mol. The minimum absolute atomic E-state index is 0.150. The van der Waals surface area contributed by atoms with Gasteiger partial charge in [0.2, 0.25) is 0 Å². The van der Waals surface area contributed by atoms with Gasteiger partial charge in [0.25, 0.3) is 0 Å². The van der Waals surface area contributed by atoms with Crippen LogP contribution in [0.25, 0.3) is 10.9 Å². The van der Waals surface area contributed by atoms with Gasteiger partial charge in [-0.3, -0.25) is 0 Å². The van der Waals surface area contributed by atoms with Gasteiger partial charge >= 0.3 is 0 Å². The van der Waals surface area contributed by atoms with E-state index in [-0.39, 0.29) is 6.04 Å². The number of aromatic nitrogens is 1. The highest BCUT2D eigenvalue weighted by molar-refractivity contribution is 5.89. The Morgan fingerprint density at radius 2 is 1.89 bits per heavy atom. The summed E-state index contributed by atoms with van der Waals surface area (Å²) in [6.45, 7) is 5.41. The van der Waals surface area contributed by atoms with Crippen LogP contribution in [0, 0.1) is 6.92 Å². The van der Waals surface area contributed by atoms with Gasteiger partial charge in [0, 0.05) is 30.2 Å². The summed E-state index contributed by atoms with van der Waals surface area (Å²) in [4.78, 5) is 0.